The van der Waals surface area contributed by atoms with Crippen molar-refractivity contribution < 1.29 is 0 Å². The highest BCUT2D eigenvalue weighted by Gasteiger charge is 2.16. The van der Waals surface area contributed by atoms with Crippen molar-refractivity contribution in [3.8, 4) is 0 Å². The number of hydrogen-bond acceptors (Lipinski definition) is 0. The fourth-order valence-electron chi connectivity index (χ4n) is 4.39. The maximum Gasteiger partial charge on any atom is -0.0324 e. The van der Waals surface area contributed by atoms with Crippen LogP contribution in [0.2, 0.25) is 0 Å². The van der Waals surface area contributed by atoms with Crippen LogP contribution >= 0.6 is 0 Å². The Balaban J connectivity index is 4.40. The molecule has 0 rings (SSSR count). The standard InChI is InChI=1S/C27H55/c1-5-9-13-16-20-24-26(21-17-12-8-4)25-27(22-18-14-10-6-2)23-19-15-11-7-3/h25-27H,5-24H2,1-4H3. The molecule has 0 aromatic carbocycles. The van der Waals surface area contributed by atoms with Crippen LogP contribution in [-0.2, 0) is 0 Å². The summed E-state index contributed by atoms with van der Waals surface area (Å²) in [5, 5.41) is 0. The van der Waals surface area contributed by atoms with Gasteiger partial charge in [0.15, 0.2) is 0 Å². The van der Waals surface area contributed by atoms with Crippen molar-refractivity contribution in [1.29, 1.82) is 0 Å². The van der Waals surface area contributed by atoms with Gasteiger partial charge in [0.25, 0.3) is 0 Å². The minimum absolute atomic E-state index is 0.903. The van der Waals surface area contributed by atoms with Gasteiger partial charge in [-0.15, -0.1) is 0 Å². The molecule has 0 aromatic heterocycles. The molecule has 0 saturated carbocycles. The van der Waals surface area contributed by atoms with Gasteiger partial charge in [-0.2, -0.15) is 0 Å². The van der Waals surface area contributed by atoms with Gasteiger partial charge in [-0.3, -0.25) is 0 Å². The second-order valence-electron chi connectivity index (χ2n) is 9.11. The molecule has 0 nitrogen and oxygen atoms in total. The topological polar surface area (TPSA) is 0 Å². The van der Waals surface area contributed by atoms with Gasteiger partial charge >= 0.3 is 0 Å². The van der Waals surface area contributed by atoms with Crippen LogP contribution in [0.5, 0.6) is 0 Å². The van der Waals surface area contributed by atoms with Gasteiger partial charge in [0, 0.05) is 0 Å². The van der Waals surface area contributed by atoms with Crippen LogP contribution in [0.1, 0.15) is 156 Å². The molecule has 0 aromatic rings. The molecule has 0 aliphatic rings. The maximum atomic E-state index is 2.85. The van der Waals surface area contributed by atoms with Crippen molar-refractivity contribution in [1.82, 2.24) is 0 Å². The second-order valence-corrected chi connectivity index (χ2v) is 9.11. The van der Waals surface area contributed by atoms with Crippen molar-refractivity contribution in [2.24, 2.45) is 11.8 Å². The first-order valence-corrected chi connectivity index (χ1v) is 13.1. The smallest absolute Gasteiger partial charge is 0.0324 e. The van der Waals surface area contributed by atoms with Gasteiger partial charge < -0.3 is 0 Å². The second kappa shape index (κ2) is 22.3. The van der Waals surface area contributed by atoms with Gasteiger partial charge in [0.1, 0.15) is 0 Å². The third kappa shape index (κ3) is 19.1. The molecule has 0 bridgehead atoms. The third-order valence-corrected chi connectivity index (χ3v) is 6.26. The Kier molecular flexibility index (Phi) is 22.3. The predicted molar refractivity (Wildman–Crippen MR) is 126 cm³/mol. The first-order valence-electron chi connectivity index (χ1n) is 13.1. The van der Waals surface area contributed by atoms with Crippen LogP contribution in [0, 0.1) is 18.3 Å². The Morgan fingerprint density at radius 2 is 0.630 bits per heavy atom. The molecule has 27 heavy (non-hydrogen) atoms. The molecule has 0 aliphatic heterocycles. The van der Waals surface area contributed by atoms with E-state index in [2.05, 4.69) is 34.1 Å². The Morgan fingerprint density at radius 1 is 0.370 bits per heavy atom. The molecule has 1 radical (unpaired) electrons. The monoisotopic (exact) mass is 379 g/mol. The van der Waals surface area contributed by atoms with E-state index in [1.54, 1.807) is 0 Å². The van der Waals surface area contributed by atoms with E-state index in [1.165, 1.54) is 128 Å². The highest BCUT2D eigenvalue weighted by molar-refractivity contribution is 4.84. The Hall–Kier alpha value is 0. The number of rotatable bonds is 22. The lowest BCUT2D eigenvalue weighted by molar-refractivity contribution is 0.366. The summed E-state index contributed by atoms with van der Waals surface area (Å²) in [6, 6.07) is 0. The van der Waals surface area contributed by atoms with Crippen molar-refractivity contribution in [3.05, 3.63) is 6.42 Å². The summed E-state index contributed by atoms with van der Waals surface area (Å²) in [7, 11) is 0. The largest absolute Gasteiger partial charge is 0.0654 e. The van der Waals surface area contributed by atoms with Crippen LogP contribution in [0.25, 0.3) is 0 Å². The number of unbranched alkanes of at least 4 members (excludes halogenated alkanes) is 12. The van der Waals surface area contributed by atoms with E-state index >= 15 is 0 Å². The SMILES string of the molecule is CCCCCCCC([CH]C(CCCCCC)CCCCCC)CCCCC. The first kappa shape index (κ1) is 27.0. The lowest BCUT2D eigenvalue weighted by Crippen LogP contribution is -2.11. The third-order valence-electron chi connectivity index (χ3n) is 6.26. The molecule has 0 saturated heterocycles. The number of hydrogen-bond donors (Lipinski definition) is 0. The van der Waals surface area contributed by atoms with Crippen LogP contribution in [0.3, 0.4) is 0 Å². The van der Waals surface area contributed by atoms with Crippen molar-refractivity contribution in [2.75, 3.05) is 0 Å². The Bertz CT molecular complexity index is 245. The van der Waals surface area contributed by atoms with Gasteiger partial charge in [0.05, 0.1) is 0 Å². The highest BCUT2D eigenvalue weighted by Crippen LogP contribution is 2.30. The van der Waals surface area contributed by atoms with E-state index in [0.29, 0.717) is 0 Å². The molecule has 0 heteroatoms. The maximum absolute atomic E-state index is 2.85. The van der Waals surface area contributed by atoms with Crippen LogP contribution in [0.15, 0.2) is 0 Å². The minimum atomic E-state index is 0.903. The van der Waals surface area contributed by atoms with E-state index in [1.807, 2.05) is 0 Å². The summed E-state index contributed by atoms with van der Waals surface area (Å²) in [6.07, 6.45) is 31.5. The van der Waals surface area contributed by atoms with Crippen LogP contribution in [0.4, 0.5) is 0 Å². The van der Waals surface area contributed by atoms with Crippen molar-refractivity contribution >= 4 is 0 Å². The quantitative estimate of drug-likeness (QED) is 0.164. The van der Waals surface area contributed by atoms with Gasteiger partial charge in [-0.1, -0.05) is 156 Å². The van der Waals surface area contributed by atoms with E-state index in [4.69, 9.17) is 0 Å². The van der Waals surface area contributed by atoms with Crippen molar-refractivity contribution in [3.63, 3.8) is 0 Å². The summed E-state index contributed by atoms with van der Waals surface area (Å²) in [5.74, 6) is 1.81. The highest BCUT2D eigenvalue weighted by atomic mass is 14.2. The van der Waals surface area contributed by atoms with Crippen LogP contribution in [-0.4, -0.2) is 0 Å². The molecule has 1 unspecified atom stereocenters. The normalized spacial score (nSPS) is 12.8. The minimum Gasteiger partial charge on any atom is -0.0654 e. The molecule has 0 amide bonds. The summed E-state index contributed by atoms with van der Waals surface area (Å²) < 4.78 is 0. The van der Waals surface area contributed by atoms with Gasteiger partial charge in [-0.25, -0.2) is 0 Å². The molecule has 0 heterocycles. The van der Waals surface area contributed by atoms with E-state index < -0.39 is 0 Å². The molecular formula is C27H55. The average molecular weight is 380 g/mol. The lowest BCUT2D eigenvalue weighted by Gasteiger charge is -2.24. The Labute approximate surface area is 174 Å². The molecule has 1 atom stereocenters. The zero-order chi connectivity index (χ0) is 20.0. The lowest BCUT2D eigenvalue weighted by atomic mass is 9.82. The molecular weight excluding hydrogens is 324 g/mol. The molecule has 0 N–H and O–H groups in total. The molecule has 0 fully saturated rings. The fraction of sp³-hybridized carbons (Fsp3) is 0.963. The van der Waals surface area contributed by atoms with E-state index in [9.17, 15) is 0 Å². The Morgan fingerprint density at radius 3 is 1.00 bits per heavy atom. The summed E-state index contributed by atoms with van der Waals surface area (Å²) in [6.45, 7) is 9.32. The molecule has 0 spiro atoms. The summed E-state index contributed by atoms with van der Waals surface area (Å²) >= 11 is 0. The summed E-state index contributed by atoms with van der Waals surface area (Å²) in [5.41, 5.74) is 0. The van der Waals surface area contributed by atoms with Gasteiger partial charge in [0.2, 0.25) is 0 Å². The van der Waals surface area contributed by atoms with Crippen LogP contribution < -0.4 is 0 Å². The van der Waals surface area contributed by atoms with E-state index in [-0.39, 0.29) is 0 Å². The van der Waals surface area contributed by atoms with Crippen molar-refractivity contribution in [2.45, 2.75) is 156 Å². The average Bonchev–Trinajstić information content (AvgIpc) is 2.68. The predicted octanol–water partition coefficient (Wildman–Crippen LogP) is 10.3. The fourth-order valence-corrected chi connectivity index (χ4v) is 4.39. The van der Waals surface area contributed by atoms with Gasteiger partial charge in [-0.05, 0) is 18.3 Å². The van der Waals surface area contributed by atoms with E-state index in [0.717, 1.165) is 11.8 Å². The zero-order valence-electron chi connectivity index (χ0n) is 19.9. The zero-order valence-corrected chi connectivity index (χ0v) is 19.9. The molecule has 163 valence electrons. The molecule has 0 aliphatic carbocycles. The first-order chi connectivity index (χ1) is 13.3. The summed E-state index contributed by atoms with van der Waals surface area (Å²) in [4.78, 5) is 0.